The number of hydrogen-bond donors (Lipinski definition) is 2. The zero-order valence-electron chi connectivity index (χ0n) is 27.4. The molecule has 4 aromatic rings. The Hall–Kier alpha value is -2.34. The van der Waals surface area contributed by atoms with Crippen LogP contribution >= 0.6 is 116 Å². The molecule has 54 heavy (non-hydrogen) atoms. The summed E-state index contributed by atoms with van der Waals surface area (Å²) in [4.78, 5) is 52.9. The maximum absolute atomic E-state index is 13.4. The van der Waals surface area contributed by atoms with E-state index in [1.54, 1.807) is 60.7 Å². The molecule has 2 atom stereocenters. The molecule has 4 rings (SSSR count). The fourth-order valence-electron chi connectivity index (χ4n) is 4.88. The van der Waals surface area contributed by atoms with Crippen molar-refractivity contribution in [3.63, 3.8) is 0 Å². The Morgan fingerprint density at radius 3 is 1.02 bits per heavy atom. The normalized spacial score (nSPS) is 12.1. The van der Waals surface area contributed by atoms with Crippen LogP contribution in [0.5, 0.6) is 11.5 Å². The van der Waals surface area contributed by atoms with Crippen LogP contribution in [0.1, 0.15) is 36.8 Å². The fraction of sp³-hybridized carbons (Fsp3) is 0.222. The molecule has 0 bridgehead atoms. The van der Waals surface area contributed by atoms with Crippen molar-refractivity contribution < 1.29 is 28.7 Å². The predicted octanol–water partition coefficient (Wildman–Crippen LogP) is 11.7. The summed E-state index contributed by atoms with van der Waals surface area (Å²) in [5, 5.41) is 3.47. The second-order valence-corrected chi connectivity index (χ2v) is 15.2. The van der Waals surface area contributed by atoms with Crippen molar-refractivity contribution in [3.8, 4) is 11.5 Å². The second kappa shape index (κ2) is 20.7. The van der Waals surface area contributed by atoms with Gasteiger partial charge in [0.2, 0.25) is 11.8 Å². The lowest BCUT2D eigenvalue weighted by Gasteiger charge is -2.20. The highest BCUT2D eigenvalue weighted by Crippen LogP contribution is 2.49. The molecule has 2 amide bonds. The SMILES string of the molecule is O=C(CCCCC(=O)NC(Cc1ccccc1)C(=O)Oc1c(Cl)c(Cl)c(Cl)c(Cl)c1Cl)NC(Cc1ccccc1)C(=O)Oc1c(Cl)c(Cl)c(Cl)c(Cl)c1Cl. The smallest absolute Gasteiger partial charge is 0.334 e. The van der Waals surface area contributed by atoms with Crippen LogP contribution in [0, 0.1) is 0 Å². The van der Waals surface area contributed by atoms with Crippen LogP contribution in [0.2, 0.25) is 50.2 Å². The largest absolute Gasteiger partial charge is 0.422 e. The summed E-state index contributed by atoms with van der Waals surface area (Å²) in [6.07, 6.45) is 0.483. The van der Waals surface area contributed by atoms with E-state index in [4.69, 9.17) is 125 Å². The molecule has 0 spiro atoms. The monoisotopic (exact) mass is 932 g/mol. The average molecular weight is 937 g/mol. The molecule has 0 aliphatic rings. The topological polar surface area (TPSA) is 111 Å². The average Bonchev–Trinajstić information content (AvgIpc) is 3.16. The second-order valence-electron chi connectivity index (χ2n) is 11.5. The molecule has 8 nitrogen and oxygen atoms in total. The Kier molecular flexibility index (Phi) is 17.0. The van der Waals surface area contributed by atoms with Crippen LogP contribution in [0.3, 0.4) is 0 Å². The van der Waals surface area contributed by atoms with Gasteiger partial charge in [0.1, 0.15) is 32.2 Å². The maximum Gasteiger partial charge on any atom is 0.334 e. The number of halogens is 10. The van der Waals surface area contributed by atoms with Crippen molar-refractivity contribution in [2.75, 3.05) is 0 Å². The first-order chi connectivity index (χ1) is 25.6. The zero-order chi connectivity index (χ0) is 39.7. The number of hydrogen-bond acceptors (Lipinski definition) is 6. The maximum atomic E-state index is 13.4. The van der Waals surface area contributed by atoms with Crippen molar-refractivity contribution in [2.24, 2.45) is 0 Å². The van der Waals surface area contributed by atoms with Gasteiger partial charge in [0.25, 0.3) is 0 Å². The first-order valence-corrected chi connectivity index (χ1v) is 19.5. The summed E-state index contributed by atoms with van der Waals surface area (Å²) >= 11 is 61.6. The number of rotatable bonds is 15. The molecule has 0 aliphatic carbocycles. The highest BCUT2D eigenvalue weighted by Gasteiger charge is 2.30. The molecule has 4 aromatic carbocycles. The first-order valence-electron chi connectivity index (χ1n) is 15.7. The number of esters is 2. The van der Waals surface area contributed by atoms with Gasteiger partial charge in [-0.2, -0.15) is 0 Å². The summed E-state index contributed by atoms with van der Waals surface area (Å²) in [5.41, 5.74) is 1.44. The predicted molar refractivity (Wildman–Crippen MR) is 217 cm³/mol. The summed E-state index contributed by atoms with van der Waals surface area (Å²) in [7, 11) is 0. The third-order valence-corrected chi connectivity index (χ3v) is 12.1. The van der Waals surface area contributed by atoms with Gasteiger partial charge in [0.05, 0.1) is 30.1 Å². The minimum Gasteiger partial charge on any atom is -0.422 e. The number of ether oxygens (including phenoxy) is 2. The Morgan fingerprint density at radius 1 is 0.444 bits per heavy atom. The van der Waals surface area contributed by atoms with E-state index in [1.165, 1.54) is 0 Å². The molecule has 0 aliphatic heterocycles. The van der Waals surface area contributed by atoms with Crippen molar-refractivity contribution >= 4 is 140 Å². The zero-order valence-corrected chi connectivity index (χ0v) is 35.0. The summed E-state index contributed by atoms with van der Waals surface area (Å²) < 4.78 is 11.0. The van der Waals surface area contributed by atoms with Gasteiger partial charge in [0.15, 0.2) is 11.5 Å². The van der Waals surface area contributed by atoms with Gasteiger partial charge in [0, 0.05) is 25.7 Å². The number of nitrogens with one attached hydrogen (secondary N) is 2. The number of carbonyl (C=O) groups is 4. The lowest BCUT2D eigenvalue weighted by molar-refractivity contribution is -0.139. The van der Waals surface area contributed by atoms with E-state index >= 15 is 0 Å². The minimum absolute atomic E-state index is 0.0574. The van der Waals surface area contributed by atoms with Crippen LogP contribution in [-0.2, 0) is 32.0 Å². The van der Waals surface area contributed by atoms with Crippen molar-refractivity contribution in [2.45, 2.75) is 50.6 Å². The molecular formula is C36H26Cl10N2O6. The van der Waals surface area contributed by atoms with E-state index in [0.29, 0.717) is 0 Å². The molecule has 0 radical (unpaired) electrons. The lowest BCUT2D eigenvalue weighted by atomic mass is 10.0. The van der Waals surface area contributed by atoms with E-state index in [2.05, 4.69) is 10.6 Å². The molecule has 2 unspecified atom stereocenters. The van der Waals surface area contributed by atoms with Gasteiger partial charge < -0.3 is 20.1 Å². The third-order valence-electron chi connectivity index (χ3n) is 7.61. The van der Waals surface area contributed by atoms with Gasteiger partial charge in [-0.3, -0.25) is 9.59 Å². The van der Waals surface area contributed by atoms with E-state index in [1.807, 2.05) is 0 Å². The molecule has 2 N–H and O–H groups in total. The Balaban J connectivity index is 1.38. The Morgan fingerprint density at radius 2 is 0.722 bits per heavy atom. The van der Waals surface area contributed by atoms with Gasteiger partial charge in [-0.05, 0) is 24.0 Å². The fourth-order valence-corrected chi connectivity index (χ4v) is 7.28. The molecule has 0 heterocycles. The lowest BCUT2D eigenvalue weighted by Crippen LogP contribution is -2.45. The van der Waals surface area contributed by atoms with E-state index < -0.39 is 35.8 Å². The number of unbranched alkanes of at least 4 members (excludes halogenated alkanes) is 1. The van der Waals surface area contributed by atoms with Gasteiger partial charge in [-0.1, -0.05) is 177 Å². The van der Waals surface area contributed by atoms with Crippen LogP contribution in [0.15, 0.2) is 60.7 Å². The molecule has 0 saturated carbocycles. The van der Waals surface area contributed by atoms with Crippen molar-refractivity contribution in [1.29, 1.82) is 0 Å². The molecule has 286 valence electrons. The number of carbonyl (C=O) groups excluding carboxylic acids is 4. The van der Waals surface area contributed by atoms with Gasteiger partial charge in [-0.25, -0.2) is 9.59 Å². The third kappa shape index (κ3) is 11.6. The van der Waals surface area contributed by atoms with Gasteiger partial charge >= 0.3 is 11.9 Å². The van der Waals surface area contributed by atoms with Crippen LogP contribution in [0.25, 0.3) is 0 Å². The molecular weight excluding hydrogens is 911 g/mol. The summed E-state index contributed by atoms with van der Waals surface area (Å²) in [6.45, 7) is 0. The number of benzene rings is 4. The minimum atomic E-state index is -1.18. The van der Waals surface area contributed by atoms with E-state index in [9.17, 15) is 19.2 Å². The molecule has 18 heteroatoms. The van der Waals surface area contributed by atoms with Crippen molar-refractivity contribution in [1.82, 2.24) is 10.6 Å². The summed E-state index contributed by atoms with van der Waals surface area (Å²) in [5.74, 6) is -3.43. The van der Waals surface area contributed by atoms with Crippen molar-refractivity contribution in [3.05, 3.63) is 122 Å². The molecule has 0 fully saturated rings. The number of amides is 2. The van der Waals surface area contributed by atoms with Crippen LogP contribution < -0.4 is 20.1 Å². The highest BCUT2D eigenvalue weighted by molar-refractivity contribution is 6.56. The van der Waals surface area contributed by atoms with Crippen LogP contribution in [-0.4, -0.2) is 35.8 Å². The summed E-state index contributed by atoms with van der Waals surface area (Å²) in [6, 6.07) is 15.4. The molecule has 0 saturated heterocycles. The molecule has 0 aromatic heterocycles. The Bertz CT molecular complexity index is 1830. The standard InChI is InChI=1S/C36H26Cl10N2O6/c37-23-25(39)29(43)33(30(44)26(23)40)53-35(51)19(15-17-9-3-1-4-10-17)47-21(49)13-7-8-14-22(50)48-20(16-18-11-5-2-6-12-18)36(52)54-34-31(45)27(41)24(38)28(42)32(34)46/h1-6,9-12,19-20H,7-8,13-16H2,(H,47,49)(H,48,50). The first kappa shape index (κ1) is 44.4. The quantitative estimate of drug-likeness (QED) is 0.0404. The highest BCUT2D eigenvalue weighted by atomic mass is 35.5. The van der Waals surface area contributed by atoms with Crippen LogP contribution in [0.4, 0.5) is 0 Å². The van der Waals surface area contributed by atoms with E-state index in [0.717, 1.165) is 11.1 Å². The van der Waals surface area contributed by atoms with E-state index in [-0.39, 0.29) is 100 Å². The Labute approximate surface area is 360 Å². The van der Waals surface area contributed by atoms with Gasteiger partial charge in [-0.15, -0.1) is 0 Å².